The number of aromatic nitrogens is 3. The summed E-state index contributed by atoms with van der Waals surface area (Å²) in [4.78, 5) is 4.22. The standard InChI is InChI=1S/C8H10N4S/c1-6(7-4-13-5-10-7)12-8(9)2-3-11-12/h2-6H,9H2,1H3. The van der Waals surface area contributed by atoms with Crippen molar-refractivity contribution in [3.8, 4) is 0 Å². The van der Waals surface area contributed by atoms with Gasteiger partial charge in [-0.25, -0.2) is 9.67 Å². The molecule has 0 fully saturated rings. The van der Waals surface area contributed by atoms with Gasteiger partial charge in [-0.3, -0.25) is 0 Å². The van der Waals surface area contributed by atoms with Crippen LogP contribution in [0.2, 0.25) is 0 Å². The SMILES string of the molecule is CC(c1cscn1)n1nccc1N. The van der Waals surface area contributed by atoms with Crippen LogP contribution in [0.3, 0.4) is 0 Å². The second kappa shape index (κ2) is 3.18. The Morgan fingerprint density at radius 2 is 2.46 bits per heavy atom. The summed E-state index contributed by atoms with van der Waals surface area (Å²) in [5, 5.41) is 6.13. The Balaban J connectivity index is 2.33. The summed E-state index contributed by atoms with van der Waals surface area (Å²) in [6.45, 7) is 2.03. The van der Waals surface area contributed by atoms with Gasteiger partial charge in [0.05, 0.1) is 23.4 Å². The van der Waals surface area contributed by atoms with Crippen LogP contribution in [0.1, 0.15) is 18.7 Å². The molecule has 2 N–H and O–H groups in total. The first kappa shape index (κ1) is 8.25. The molecule has 0 aromatic carbocycles. The Kier molecular flexibility index (Phi) is 2.02. The molecule has 0 radical (unpaired) electrons. The first-order valence-corrected chi connectivity index (χ1v) is 4.90. The maximum atomic E-state index is 5.72. The van der Waals surface area contributed by atoms with Gasteiger partial charge in [-0.05, 0) is 13.0 Å². The zero-order chi connectivity index (χ0) is 9.26. The van der Waals surface area contributed by atoms with E-state index in [0.29, 0.717) is 5.82 Å². The molecular formula is C8H10N4S. The van der Waals surface area contributed by atoms with Crippen LogP contribution in [0, 0.1) is 0 Å². The van der Waals surface area contributed by atoms with E-state index < -0.39 is 0 Å². The van der Waals surface area contributed by atoms with Gasteiger partial charge >= 0.3 is 0 Å². The lowest BCUT2D eigenvalue weighted by molar-refractivity contribution is 0.562. The Morgan fingerprint density at radius 3 is 3.00 bits per heavy atom. The number of anilines is 1. The number of nitrogens with zero attached hydrogens (tertiary/aromatic N) is 3. The van der Waals surface area contributed by atoms with Crippen molar-refractivity contribution in [3.63, 3.8) is 0 Å². The lowest BCUT2D eigenvalue weighted by Gasteiger charge is -2.10. The average molecular weight is 194 g/mol. The molecule has 2 rings (SSSR count). The monoisotopic (exact) mass is 194 g/mol. The minimum absolute atomic E-state index is 0.112. The highest BCUT2D eigenvalue weighted by Crippen LogP contribution is 2.19. The Labute approximate surface area is 80.0 Å². The number of nitrogen functional groups attached to an aromatic ring is 1. The highest BCUT2D eigenvalue weighted by Gasteiger charge is 2.11. The van der Waals surface area contributed by atoms with E-state index in [1.165, 1.54) is 0 Å². The second-order valence-electron chi connectivity index (χ2n) is 2.79. The summed E-state index contributed by atoms with van der Waals surface area (Å²) >= 11 is 1.58. The molecule has 2 heterocycles. The van der Waals surface area contributed by atoms with Crippen molar-refractivity contribution in [1.29, 1.82) is 0 Å². The molecular weight excluding hydrogens is 184 g/mol. The van der Waals surface area contributed by atoms with Gasteiger partial charge in [-0.1, -0.05) is 0 Å². The van der Waals surface area contributed by atoms with E-state index in [2.05, 4.69) is 10.1 Å². The molecule has 0 aliphatic rings. The summed E-state index contributed by atoms with van der Waals surface area (Å²) < 4.78 is 1.76. The molecule has 4 nitrogen and oxygen atoms in total. The van der Waals surface area contributed by atoms with Gasteiger partial charge in [-0.2, -0.15) is 5.10 Å². The molecule has 0 amide bonds. The van der Waals surface area contributed by atoms with E-state index in [9.17, 15) is 0 Å². The predicted molar refractivity (Wildman–Crippen MR) is 52.6 cm³/mol. The summed E-state index contributed by atoms with van der Waals surface area (Å²) in [7, 11) is 0. The molecule has 2 aromatic heterocycles. The Bertz CT molecular complexity index is 379. The highest BCUT2D eigenvalue weighted by molar-refractivity contribution is 7.07. The Morgan fingerprint density at radius 1 is 1.62 bits per heavy atom. The van der Waals surface area contributed by atoms with Crippen LogP contribution in [0.4, 0.5) is 5.82 Å². The zero-order valence-electron chi connectivity index (χ0n) is 7.21. The van der Waals surface area contributed by atoms with Gasteiger partial charge in [0.1, 0.15) is 5.82 Å². The normalized spacial score (nSPS) is 13.0. The van der Waals surface area contributed by atoms with E-state index in [1.54, 1.807) is 28.3 Å². The van der Waals surface area contributed by atoms with Crippen molar-refractivity contribution in [2.75, 3.05) is 5.73 Å². The van der Waals surface area contributed by atoms with Crippen molar-refractivity contribution in [2.45, 2.75) is 13.0 Å². The second-order valence-corrected chi connectivity index (χ2v) is 3.51. The quantitative estimate of drug-likeness (QED) is 0.788. The molecule has 0 saturated carbocycles. The third-order valence-electron chi connectivity index (χ3n) is 1.95. The molecule has 0 spiro atoms. The van der Waals surface area contributed by atoms with Crippen LogP contribution < -0.4 is 5.73 Å². The third-order valence-corrected chi connectivity index (χ3v) is 2.55. The van der Waals surface area contributed by atoms with E-state index >= 15 is 0 Å². The van der Waals surface area contributed by atoms with Crippen molar-refractivity contribution in [1.82, 2.24) is 14.8 Å². The lowest BCUT2D eigenvalue weighted by atomic mass is 10.3. The van der Waals surface area contributed by atoms with Crippen LogP contribution in [0.25, 0.3) is 0 Å². The van der Waals surface area contributed by atoms with Crippen LogP contribution in [-0.2, 0) is 0 Å². The first-order valence-electron chi connectivity index (χ1n) is 3.96. The third kappa shape index (κ3) is 1.42. The van der Waals surface area contributed by atoms with Crippen LogP contribution >= 0.6 is 11.3 Å². The van der Waals surface area contributed by atoms with Crippen LogP contribution in [-0.4, -0.2) is 14.8 Å². The topological polar surface area (TPSA) is 56.7 Å². The van der Waals surface area contributed by atoms with E-state index in [-0.39, 0.29) is 6.04 Å². The summed E-state index contributed by atoms with van der Waals surface area (Å²) in [5.74, 6) is 0.667. The van der Waals surface area contributed by atoms with Crippen molar-refractivity contribution >= 4 is 17.2 Å². The fraction of sp³-hybridized carbons (Fsp3) is 0.250. The van der Waals surface area contributed by atoms with Crippen molar-refractivity contribution < 1.29 is 0 Å². The van der Waals surface area contributed by atoms with Crippen molar-refractivity contribution in [2.24, 2.45) is 0 Å². The summed E-state index contributed by atoms with van der Waals surface area (Å²) in [6, 6.07) is 1.89. The van der Waals surface area contributed by atoms with E-state index in [4.69, 9.17) is 5.73 Å². The molecule has 0 aliphatic carbocycles. The molecule has 1 unspecified atom stereocenters. The zero-order valence-corrected chi connectivity index (χ0v) is 8.03. The minimum atomic E-state index is 0.112. The number of hydrogen-bond donors (Lipinski definition) is 1. The maximum Gasteiger partial charge on any atom is 0.122 e. The van der Waals surface area contributed by atoms with Gasteiger partial charge in [0.15, 0.2) is 0 Å². The van der Waals surface area contributed by atoms with Gasteiger partial charge in [0.25, 0.3) is 0 Å². The summed E-state index contributed by atoms with van der Waals surface area (Å²) in [6.07, 6.45) is 1.69. The molecule has 0 saturated heterocycles. The van der Waals surface area contributed by atoms with Gasteiger partial charge in [-0.15, -0.1) is 11.3 Å². The number of thiazole rings is 1. The fourth-order valence-electron chi connectivity index (χ4n) is 1.20. The van der Waals surface area contributed by atoms with Crippen LogP contribution in [0.5, 0.6) is 0 Å². The molecule has 1 atom stereocenters. The molecule has 68 valence electrons. The number of rotatable bonds is 2. The number of hydrogen-bond acceptors (Lipinski definition) is 4. The van der Waals surface area contributed by atoms with Crippen molar-refractivity contribution in [3.05, 3.63) is 28.8 Å². The highest BCUT2D eigenvalue weighted by atomic mass is 32.1. The molecule has 2 aromatic rings. The van der Waals surface area contributed by atoms with Gasteiger partial charge in [0.2, 0.25) is 0 Å². The Hall–Kier alpha value is -1.36. The first-order chi connectivity index (χ1) is 6.29. The smallest absolute Gasteiger partial charge is 0.122 e. The van der Waals surface area contributed by atoms with E-state index in [1.807, 2.05) is 17.8 Å². The van der Waals surface area contributed by atoms with E-state index in [0.717, 1.165) is 5.69 Å². The minimum Gasteiger partial charge on any atom is -0.384 e. The summed E-state index contributed by atoms with van der Waals surface area (Å²) in [5.41, 5.74) is 8.54. The largest absolute Gasteiger partial charge is 0.384 e. The maximum absolute atomic E-state index is 5.72. The predicted octanol–water partition coefficient (Wildman–Crippen LogP) is 1.53. The molecule has 0 bridgehead atoms. The molecule has 5 heteroatoms. The fourth-order valence-corrected chi connectivity index (χ4v) is 1.84. The van der Waals surface area contributed by atoms with Gasteiger partial charge in [0, 0.05) is 5.38 Å². The molecule has 0 aliphatic heterocycles. The molecule has 13 heavy (non-hydrogen) atoms. The van der Waals surface area contributed by atoms with Crippen LogP contribution in [0.15, 0.2) is 23.2 Å². The van der Waals surface area contributed by atoms with Gasteiger partial charge < -0.3 is 5.73 Å². The number of nitrogens with two attached hydrogens (primary N) is 1. The lowest BCUT2D eigenvalue weighted by Crippen LogP contribution is -2.11. The average Bonchev–Trinajstić information content (AvgIpc) is 2.72.